The molecule has 1 amide bonds. The summed E-state index contributed by atoms with van der Waals surface area (Å²) in [6.45, 7) is 6.70. The second-order valence-corrected chi connectivity index (χ2v) is 5.17. The van der Waals surface area contributed by atoms with E-state index in [0.717, 1.165) is 45.3 Å². The molecule has 1 rings (SSSR count). The molecule has 1 saturated heterocycles. The molecule has 0 aromatic heterocycles. The minimum absolute atomic E-state index is 0.0875. The van der Waals surface area contributed by atoms with E-state index in [1.165, 1.54) is 6.42 Å². The summed E-state index contributed by atoms with van der Waals surface area (Å²) in [6.07, 6.45) is 5.71. The number of aliphatic hydroxyl groups is 1. The quantitative estimate of drug-likeness (QED) is 0.648. The molecule has 2 N–H and O–H groups in total. The van der Waals surface area contributed by atoms with Gasteiger partial charge in [-0.2, -0.15) is 0 Å². The number of hydrogen-bond acceptors (Lipinski definition) is 3. The third kappa shape index (κ3) is 4.58. The van der Waals surface area contributed by atoms with Crippen molar-refractivity contribution in [2.75, 3.05) is 19.6 Å². The summed E-state index contributed by atoms with van der Waals surface area (Å²) >= 11 is 0. The molecule has 0 bridgehead atoms. The van der Waals surface area contributed by atoms with Crippen molar-refractivity contribution in [1.82, 2.24) is 10.2 Å². The minimum Gasteiger partial charge on any atom is -0.391 e. The molecule has 0 saturated carbocycles. The van der Waals surface area contributed by atoms with E-state index in [0.29, 0.717) is 6.42 Å². The second-order valence-electron chi connectivity index (χ2n) is 5.17. The van der Waals surface area contributed by atoms with Crippen LogP contribution in [0.4, 0.5) is 0 Å². The molecule has 0 aromatic carbocycles. The minimum atomic E-state index is -0.507. The van der Waals surface area contributed by atoms with Gasteiger partial charge in [-0.25, -0.2) is 0 Å². The molecule has 1 fully saturated rings. The first-order chi connectivity index (χ1) is 8.70. The smallest absolute Gasteiger partial charge is 0.242 e. The highest BCUT2D eigenvalue weighted by Gasteiger charge is 2.33. The summed E-state index contributed by atoms with van der Waals surface area (Å²) in [5, 5.41) is 12.9. The zero-order valence-electron chi connectivity index (χ0n) is 11.8. The lowest BCUT2D eigenvalue weighted by atomic mass is 10.1. The first-order valence-corrected chi connectivity index (χ1v) is 7.41. The van der Waals surface area contributed by atoms with E-state index in [-0.39, 0.29) is 11.9 Å². The Morgan fingerprint density at radius 2 is 1.89 bits per heavy atom. The summed E-state index contributed by atoms with van der Waals surface area (Å²) < 4.78 is 0. The summed E-state index contributed by atoms with van der Waals surface area (Å²) in [6, 6.07) is -0.372. The molecule has 1 heterocycles. The van der Waals surface area contributed by atoms with Crippen molar-refractivity contribution in [2.45, 2.75) is 64.5 Å². The molecule has 0 aliphatic carbocycles. The van der Waals surface area contributed by atoms with Crippen molar-refractivity contribution in [2.24, 2.45) is 0 Å². The monoisotopic (exact) mass is 256 g/mol. The predicted molar refractivity (Wildman–Crippen MR) is 73.4 cm³/mol. The number of hydrogen-bond donors (Lipinski definition) is 2. The highest BCUT2D eigenvalue weighted by molar-refractivity contribution is 5.83. The number of unbranched alkanes of at least 4 members (excludes halogenated alkanes) is 3. The largest absolute Gasteiger partial charge is 0.391 e. The van der Waals surface area contributed by atoms with Crippen molar-refractivity contribution in [3.63, 3.8) is 0 Å². The van der Waals surface area contributed by atoms with Crippen LogP contribution in [0.25, 0.3) is 0 Å². The molecule has 106 valence electrons. The maximum atomic E-state index is 12.4. The van der Waals surface area contributed by atoms with Gasteiger partial charge in [0.2, 0.25) is 5.91 Å². The van der Waals surface area contributed by atoms with Crippen LogP contribution in [0.2, 0.25) is 0 Å². The molecule has 4 heteroatoms. The summed E-state index contributed by atoms with van der Waals surface area (Å²) in [5.74, 6) is 0.0875. The molecule has 1 unspecified atom stereocenters. The third-order valence-electron chi connectivity index (χ3n) is 3.58. The van der Waals surface area contributed by atoms with E-state index in [2.05, 4.69) is 19.2 Å². The Bertz CT molecular complexity index is 246. The lowest BCUT2D eigenvalue weighted by Gasteiger charge is -2.27. The van der Waals surface area contributed by atoms with Gasteiger partial charge in [0.1, 0.15) is 6.04 Å². The number of rotatable bonds is 8. The lowest BCUT2D eigenvalue weighted by molar-refractivity contribution is -0.135. The van der Waals surface area contributed by atoms with Crippen LogP contribution in [0.15, 0.2) is 0 Å². The first-order valence-electron chi connectivity index (χ1n) is 7.41. The topological polar surface area (TPSA) is 52.6 Å². The van der Waals surface area contributed by atoms with E-state index in [1.807, 2.05) is 4.90 Å². The highest BCUT2D eigenvalue weighted by Crippen LogP contribution is 2.12. The number of nitrogens with one attached hydrogen (secondary N) is 1. The maximum Gasteiger partial charge on any atom is 0.242 e. The van der Waals surface area contributed by atoms with E-state index >= 15 is 0 Å². The van der Waals surface area contributed by atoms with Gasteiger partial charge >= 0.3 is 0 Å². The van der Waals surface area contributed by atoms with E-state index in [9.17, 15) is 9.90 Å². The lowest BCUT2D eigenvalue weighted by Crippen LogP contribution is -2.48. The van der Waals surface area contributed by atoms with Crippen molar-refractivity contribution < 1.29 is 9.90 Å². The predicted octanol–water partition coefficient (Wildman–Crippen LogP) is 1.53. The molecule has 0 aromatic rings. The van der Waals surface area contributed by atoms with Gasteiger partial charge in [0.25, 0.3) is 0 Å². The van der Waals surface area contributed by atoms with Crippen molar-refractivity contribution in [1.29, 1.82) is 0 Å². The Hall–Kier alpha value is -0.610. The van der Waals surface area contributed by atoms with Crippen molar-refractivity contribution in [3.05, 3.63) is 0 Å². The number of amides is 1. The average molecular weight is 256 g/mol. The molecule has 2 atom stereocenters. The van der Waals surface area contributed by atoms with Crippen molar-refractivity contribution >= 4 is 5.91 Å². The van der Waals surface area contributed by atoms with Gasteiger partial charge in [0.15, 0.2) is 0 Å². The molecule has 0 spiro atoms. The molecule has 4 nitrogen and oxygen atoms in total. The van der Waals surface area contributed by atoms with Gasteiger partial charge < -0.3 is 15.3 Å². The van der Waals surface area contributed by atoms with Gasteiger partial charge in [-0.1, -0.05) is 33.1 Å². The summed E-state index contributed by atoms with van der Waals surface area (Å²) in [7, 11) is 0. The summed E-state index contributed by atoms with van der Waals surface area (Å²) in [4.78, 5) is 14.3. The van der Waals surface area contributed by atoms with Crippen LogP contribution in [-0.2, 0) is 4.79 Å². The van der Waals surface area contributed by atoms with Crippen LogP contribution in [-0.4, -0.2) is 47.7 Å². The Morgan fingerprint density at radius 1 is 1.22 bits per heavy atom. The molecule has 0 radical (unpaired) electrons. The highest BCUT2D eigenvalue weighted by atomic mass is 16.3. The zero-order valence-corrected chi connectivity index (χ0v) is 11.8. The zero-order chi connectivity index (χ0) is 13.4. The number of carbonyl (C=O) groups is 1. The van der Waals surface area contributed by atoms with Crippen LogP contribution < -0.4 is 5.32 Å². The SMILES string of the molecule is CCCCCN(CCCC)C(=O)[C@H]1NCCC1O. The van der Waals surface area contributed by atoms with Crippen LogP contribution in [0.3, 0.4) is 0 Å². The fourth-order valence-corrected chi connectivity index (χ4v) is 2.37. The summed E-state index contributed by atoms with van der Waals surface area (Å²) in [5.41, 5.74) is 0. The van der Waals surface area contributed by atoms with Crippen LogP contribution in [0.1, 0.15) is 52.4 Å². The van der Waals surface area contributed by atoms with E-state index in [1.54, 1.807) is 0 Å². The third-order valence-corrected chi connectivity index (χ3v) is 3.58. The Balaban J connectivity index is 2.48. The maximum absolute atomic E-state index is 12.4. The number of carbonyl (C=O) groups excluding carboxylic acids is 1. The van der Waals surface area contributed by atoms with Gasteiger partial charge in [0.05, 0.1) is 6.10 Å². The average Bonchev–Trinajstić information content (AvgIpc) is 2.79. The Morgan fingerprint density at radius 3 is 2.44 bits per heavy atom. The Labute approximate surface area is 111 Å². The normalized spacial score (nSPS) is 23.3. The Kier molecular flexibility index (Phi) is 7.28. The van der Waals surface area contributed by atoms with Gasteiger partial charge in [0, 0.05) is 13.1 Å². The second kappa shape index (κ2) is 8.48. The molecule has 1 aliphatic rings. The van der Waals surface area contributed by atoms with Crippen LogP contribution in [0, 0.1) is 0 Å². The molecular weight excluding hydrogens is 228 g/mol. The number of aliphatic hydroxyl groups excluding tert-OH is 1. The van der Waals surface area contributed by atoms with Gasteiger partial charge in [-0.15, -0.1) is 0 Å². The molecule has 18 heavy (non-hydrogen) atoms. The fourth-order valence-electron chi connectivity index (χ4n) is 2.37. The van der Waals surface area contributed by atoms with Gasteiger partial charge in [-0.05, 0) is 25.8 Å². The van der Waals surface area contributed by atoms with Gasteiger partial charge in [-0.3, -0.25) is 4.79 Å². The van der Waals surface area contributed by atoms with Crippen LogP contribution in [0.5, 0.6) is 0 Å². The van der Waals surface area contributed by atoms with E-state index < -0.39 is 6.10 Å². The molecule has 1 aliphatic heterocycles. The van der Waals surface area contributed by atoms with Crippen molar-refractivity contribution in [3.8, 4) is 0 Å². The van der Waals surface area contributed by atoms with Crippen LogP contribution >= 0.6 is 0 Å². The fraction of sp³-hybridized carbons (Fsp3) is 0.929. The molecular formula is C14H28N2O2. The van der Waals surface area contributed by atoms with E-state index in [4.69, 9.17) is 0 Å². The standard InChI is InChI=1S/C14H28N2O2/c1-3-5-7-11-16(10-6-4-2)14(18)13-12(17)8-9-15-13/h12-13,15,17H,3-11H2,1-2H3/t12?,13-/m0/s1. The first kappa shape index (κ1) is 15.4. The number of nitrogens with zero attached hydrogens (tertiary/aromatic N) is 1.